The number of likely N-dealkylation sites (tertiary alicyclic amines) is 2. The molecule has 6 heteroatoms. The second kappa shape index (κ2) is 7.95. The van der Waals surface area contributed by atoms with Crippen molar-refractivity contribution in [2.24, 2.45) is 0 Å². The van der Waals surface area contributed by atoms with E-state index in [1.54, 1.807) is 0 Å². The number of hydrogen-bond acceptors (Lipinski definition) is 3. The Hall–Kier alpha value is -1.95. The molecule has 0 bridgehead atoms. The van der Waals surface area contributed by atoms with Crippen molar-refractivity contribution in [1.82, 2.24) is 15.1 Å². The molecule has 2 atom stereocenters. The smallest absolute Gasteiger partial charge is 0.236 e. The molecule has 0 spiro atoms. The number of rotatable bonds is 4. The minimum absolute atomic E-state index is 0.0408. The highest BCUT2D eigenvalue weighted by atomic mass is 19.1. The number of amides is 2. The predicted molar refractivity (Wildman–Crippen MR) is 93.6 cm³/mol. The predicted octanol–water partition coefficient (Wildman–Crippen LogP) is 1.74. The lowest BCUT2D eigenvalue weighted by Gasteiger charge is -2.34. The standard InChI is InChI=1S/C19H26FN3O2/c1-14(24)21-18-3-2-9-23(12-18)19(25)13-22-10-8-16(11-22)15-4-6-17(20)7-5-15/h4-7,16,18H,2-3,8-13H2,1H3,(H,21,24)/t16-,18+/m0/s1. The molecule has 2 saturated heterocycles. The maximum atomic E-state index is 13.1. The molecule has 0 aromatic heterocycles. The van der Waals surface area contributed by atoms with E-state index in [9.17, 15) is 14.0 Å². The van der Waals surface area contributed by atoms with Crippen molar-refractivity contribution in [3.8, 4) is 0 Å². The molecular formula is C19H26FN3O2. The van der Waals surface area contributed by atoms with E-state index in [1.165, 1.54) is 19.1 Å². The Bertz CT molecular complexity index is 620. The van der Waals surface area contributed by atoms with Crippen molar-refractivity contribution < 1.29 is 14.0 Å². The highest BCUT2D eigenvalue weighted by Gasteiger charge is 2.29. The quantitative estimate of drug-likeness (QED) is 0.903. The molecule has 0 radical (unpaired) electrons. The van der Waals surface area contributed by atoms with Crippen LogP contribution in [0.5, 0.6) is 0 Å². The lowest BCUT2D eigenvalue weighted by molar-refractivity contribution is -0.134. The number of nitrogens with one attached hydrogen (secondary N) is 1. The number of halogens is 1. The number of hydrogen-bond donors (Lipinski definition) is 1. The van der Waals surface area contributed by atoms with Crippen LogP contribution in [0, 0.1) is 5.82 Å². The van der Waals surface area contributed by atoms with E-state index in [2.05, 4.69) is 10.2 Å². The first-order valence-electron chi connectivity index (χ1n) is 9.04. The van der Waals surface area contributed by atoms with Crippen LogP contribution in [0.25, 0.3) is 0 Å². The maximum absolute atomic E-state index is 13.1. The van der Waals surface area contributed by atoms with Crippen LogP contribution in [0.1, 0.15) is 37.7 Å². The second-order valence-corrected chi connectivity index (χ2v) is 7.15. The lowest BCUT2D eigenvalue weighted by Crippen LogP contribution is -2.51. The molecule has 1 aromatic carbocycles. The van der Waals surface area contributed by atoms with E-state index in [1.807, 2.05) is 17.0 Å². The molecule has 2 aliphatic rings. The average molecular weight is 347 g/mol. The fraction of sp³-hybridized carbons (Fsp3) is 0.579. The Morgan fingerprint density at radius 3 is 2.64 bits per heavy atom. The number of carbonyl (C=O) groups is 2. The van der Waals surface area contributed by atoms with E-state index >= 15 is 0 Å². The maximum Gasteiger partial charge on any atom is 0.236 e. The third kappa shape index (κ3) is 4.78. The Kier molecular flexibility index (Phi) is 5.68. The summed E-state index contributed by atoms with van der Waals surface area (Å²) in [5, 5.41) is 2.92. The fourth-order valence-electron chi connectivity index (χ4n) is 3.88. The molecule has 2 amide bonds. The minimum Gasteiger partial charge on any atom is -0.352 e. The molecule has 1 N–H and O–H groups in total. The first-order valence-corrected chi connectivity index (χ1v) is 9.04. The first kappa shape index (κ1) is 17.9. The van der Waals surface area contributed by atoms with Gasteiger partial charge in [0.2, 0.25) is 11.8 Å². The molecule has 5 nitrogen and oxygen atoms in total. The van der Waals surface area contributed by atoms with Gasteiger partial charge < -0.3 is 10.2 Å². The summed E-state index contributed by atoms with van der Waals surface area (Å²) in [5.41, 5.74) is 1.14. The van der Waals surface area contributed by atoms with E-state index in [4.69, 9.17) is 0 Å². The summed E-state index contributed by atoms with van der Waals surface area (Å²) in [6.07, 6.45) is 2.85. The first-order chi connectivity index (χ1) is 12.0. The van der Waals surface area contributed by atoms with Crippen molar-refractivity contribution in [2.45, 2.75) is 38.1 Å². The zero-order valence-corrected chi connectivity index (χ0v) is 14.7. The van der Waals surface area contributed by atoms with Crippen molar-refractivity contribution in [3.05, 3.63) is 35.6 Å². The van der Waals surface area contributed by atoms with Gasteiger partial charge >= 0.3 is 0 Å². The number of benzene rings is 1. The number of nitrogens with zero attached hydrogens (tertiary/aromatic N) is 2. The summed E-state index contributed by atoms with van der Waals surface area (Å²) in [6.45, 7) is 5.03. The van der Waals surface area contributed by atoms with Gasteiger partial charge in [-0.3, -0.25) is 14.5 Å². The Morgan fingerprint density at radius 2 is 1.92 bits per heavy atom. The fourth-order valence-corrected chi connectivity index (χ4v) is 3.88. The minimum atomic E-state index is -0.215. The van der Waals surface area contributed by atoms with Gasteiger partial charge in [0.15, 0.2) is 0 Å². The monoisotopic (exact) mass is 347 g/mol. The molecule has 136 valence electrons. The van der Waals surface area contributed by atoms with E-state index in [0.717, 1.165) is 44.5 Å². The molecule has 0 unspecified atom stereocenters. The van der Waals surface area contributed by atoms with Crippen LogP contribution in [0.3, 0.4) is 0 Å². The van der Waals surface area contributed by atoms with Gasteiger partial charge in [0.25, 0.3) is 0 Å². The van der Waals surface area contributed by atoms with Crippen LogP contribution in [-0.4, -0.2) is 60.4 Å². The molecule has 2 heterocycles. The van der Waals surface area contributed by atoms with Crippen LogP contribution in [0.4, 0.5) is 4.39 Å². The Labute approximate surface area is 148 Å². The van der Waals surface area contributed by atoms with Crippen molar-refractivity contribution in [2.75, 3.05) is 32.7 Å². The van der Waals surface area contributed by atoms with Crippen LogP contribution < -0.4 is 5.32 Å². The van der Waals surface area contributed by atoms with E-state index < -0.39 is 0 Å². The second-order valence-electron chi connectivity index (χ2n) is 7.15. The normalized spacial score (nSPS) is 24.3. The largest absolute Gasteiger partial charge is 0.352 e. The molecule has 0 saturated carbocycles. The zero-order chi connectivity index (χ0) is 17.8. The third-order valence-electron chi connectivity index (χ3n) is 5.15. The van der Waals surface area contributed by atoms with E-state index in [-0.39, 0.29) is 23.7 Å². The van der Waals surface area contributed by atoms with Gasteiger partial charge in [-0.05, 0) is 49.4 Å². The van der Waals surface area contributed by atoms with Gasteiger partial charge in [-0.2, -0.15) is 0 Å². The van der Waals surface area contributed by atoms with Gasteiger partial charge in [0, 0.05) is 32.6 Å². The number of piperidine rings is 1. The summed E-state index contributed by atoms with van der Waals surface area (Å²) in [5.74, 6) is 0.241. The molecular weight excluding hydrogens is 321 g/mol. The van der Waals surface area contributed by atoms with Crippen LogP contribution in [0.2, 0.25) is 0 Å². The lowest BCUT2D eigenvalue weighted by atomic mass is 9.99. The summed E-state index contributed by atoms with van der Waals surface area (Å²) < 4.78 is 13.1. The topological polar surface area (TPSA) is 52.7 Å². The van der Waals surface area contributed by atoms with Crippen LogP contribution >= 0.6 is 0 Å². The Balaban J connectivity index is 1.50. The van der Waals surface area contributed by atoms with E-state index in [0.29, 0.717) is 19.0 Å². The molecule has 1 aromatic rings. The van der Waals surface area contributed by atoms with Crippen LogP contribution in [0.15, 0.2) is 24.3 Å². The highest BCUT2D eigenvalue weighted by Crippen LogP contribution is 2.27. The summed E-state index contributed by atoms with van der Waals surface area (Å²) in [6, 6.07) is 6.75. The van der Waals surface area contributed by atoms with Crippen molar-refractivity contribution >= 4 is 11.8 Å². The summed E-state index contributed by atoms with van der Waals surface area (Å²) >= 11 is 0. The molecule has 2 fully saturated rings. The van der Waals surface area contributed by atoms with Gasteiger partial charge in [0.05, 0.1) is 6.54 Å². The average Bonchev–Trinajstić information content (AvgIpc) is 3.03. The van der Waals surface area contributed by atoms with Gasteiger partial charge in [-0.25, -0.2) is 4.39 Å². The van der Waals surface area contributed by atoms with Crippen molar-refractivity contribution in [1.29, 1.82) is 0 Å². The zero-order valence-electron chi connectivity index (χ0n) is 14.7. The van der Waals surface area contributed by atoms with Gasteiger partial charge in [-0.15, -0.1) is 0 Å². The molecule has 3 rings (SSSR count). The van der Waals surface area contributed by atoms with Crippen LogP contribution in [-0.2, 0) is 9.59 Å². The van der Waals surface area contributed by atoms with Crippen molar-refractivity contribution in [3.63, 3.8) is 0 Å². The summed E-state index contributed by atoms with van der Waals surface area (Å²) in [7, 11) is 0. The summed E-state index contributed by atoms with van der Waals surface area (Å²) in [4.78, 5) is 27.9. The van der Waals surface area contributed by atoms with Gasteiger partial charge in [0.1, 0.15) is 5.82 Å². The highest BCUT2D eigenvalue weighted by molar-refractivity contribution is 5.79. The van der Waals surface area contributed by atoms with Gasteiger partial charge in [-0.1, -0.05) is 12.1 Å². The Morgan fingerprint density at radius 1 is 1.16 bits per heavy atom. The molecule has 2 aliphatic heterocycles. The number of carbonyl (C=O) groups excluding carboxylic acids is 2. The molecule has 25 heavy (non-hydrogen) atoms. The molecule has 0 aliphatic carbocycles. The SMILES string of the molecule is CC(=O)N[C@@H]1CCCN(C(=O)CN2CC[C@H](c3ccc(F)cc3)C2)C1. The third-order valence-corrected chi connectivity index (χ3v) is 5.15.